The van der Waals surface area contributed by atoms with Crippen LogP contribution in [0.1, 0.15) is 32.7 Å². The molecule has 1 unspecified atom stereocenters. The molecule has 0 spiro atoms. The van der Waals surface area contributed by atoms with Crippen LogP contribution in [0, 0.1) is 6.92 Å². The van der Waals surface area contributed by atoms with Crippen LogP contribution in [0.25, 0.3) is 0 Å². The molecule has 116 valence electrons. The Morgan fingerprint density at radius 1 is 1.55 bits per heavy atom. The third-order valence-corrected chi connectivity index (χ3v) is 4.74. The molecule has 1 amide bonds. The SMILES string of the molecule is Cc1csc(C2CN(Cc3cccc(C(N)=O)c3)CCO2)n1. The third-order valence-electron chi connectivity index (χ3n) is 3.68. The first kappa shape index (κ1) is 15.1. The third kappa shape index (κ3) is 3.52. The van der Waals surface area contributed by atoms with E-state index < -0.39 is 0 Å². The van der Waals surface area contributed by atoms with E-state index >= 15 is 0 Å². The highest BCUT2D eigenvalue weighted by atomic mass is 32.1. The first-order chi connectivity index (χ1) is 10.6. The minimum Gasteiger partial charge on any atom is -0.368 e. The van der Waals surface area contributed by atoms with Crippen molar-refractivity contribution in [1.82, 2.24) is 9.88 Å². The van der Waals surface area contributed by atoms with Crippen molar-refractivity contribution in [3.8, 4) is 0 Å². The summed E-state index contributed by atoms with van der Waals surface area (Å²) in [4.78, 5) is 18.1. The number of benzene rings is 1. The molecule has 6 heteroatoms. The Morgan fingerprint density at radius 2 is 2.41 bits per heavy atom. The average Bonchev–Trinajstić information content (AvgIpc) is 2.94. The van der Waals surface area contributed by atoms with Crippen molar-refractivity contribution in [3.05, 3.63) is 51.5 Å². The van der Waals surface area contributed by atoms with Gasteiger partial charge in [-0.2, -0.15) is 0 Å². The number of amides is 1. The predicted molar refractivity (Wildman–Crippen MR) is 85.8 cm³/mol. The largest absolute Gasteiger partial charge is 0.368 e. The molecule has 5 nitrogen and oxygen atoms in total. The van der Waals surface area contributed by atoms with E-state index in [0.717, 1.165) is 35.9 Å². The monoisotopic (exact) mass is 317 g/mol. The summed E-state index contributed by atoms with van der Waals surface area (Å²) < 4.78 is 5.84. The number of rotatable bonds is 4. The summed E-state index contributed by atoms with van der Waals surface area (Å²) in [5.74, 6) is -0.389. The number of primary amides is 1. The fraction of sp³-hybridized carbons (Fsp3) is 0.375. The lowest BCUT2D eigenvalue weighted by atomic mass is 10.1. The van der Waals surface area contributed by atoms with E-state index in [4.69, 9.17) is 10.5 Å². The molecule has 0 aliphatic carbocycles. The zero-order valence-electron chi connectivity index (χ0n) is 12.5. The summed E-state index contributed by atoms with van der Waals surface area (Å²) in [5.41, 5.74) is 8.02. The lowest BCUT2D eigenvalue weighted by molar-refractivity contribution is -0.0330. The topological polar surface area (TPSA) is 68.5 Å². The second kappa shape index (κ2) is 6.56. The number of thiazole rings is 1. The van der Waals surface area contributed by atoms with Crippen LogP contribution < -0.4 is 5.73 Å². The summed E-state index contributed by atoms with van der Waals surface area (Å²) in [6, 6.07) is 7.49. The van der Waals surface area contributed by atoms with Gasteiger partial charge in [0.05, 0.1) is 6.61 Å². The van der Waals surface area contributed by atoms with Gasteiger partial charge in [-0.3, -0.25) is 9.69 Å². The highest BCUT2D eigenvalue weighted by molar-refractivity contribution is 7.09. The summed E-state index contributed by atoms with van der Waals surface area (Å²) in [6.07, 6.45) is 0.0340. The molecule has 1 fully saturated rings. The van der Waals surface area contributed by atoms with Gasteiger partial charge in [0.1, 0.15) is 11.1 Å². The Hall–Kier alpha value is -1.76. The summed E-state index contributed by atoms with van der Waals surface area (Å²) in [6.45, 7) is 5.16. The van der Waals surface area contributed by atoms with E-state index in [9.17, 15) is 4.79 Å². The number of carbonyl (C=O) groups excluding carboxylic acids is 1. The molecule has 2 N–H and O–H groups in total. The zero-order valence-corrected chi connectivity index (χ0v) is 13.3. The lowest BCUT2D eigenvalue weighted by Crippen LogP contribution is -2.37. The molecule has 3 rings (SSSR count). The minimum absolute atomic E-state index is 0.0340. The van der Waals surface area contributed by atoms with E-state index in [1.807, 2.05) is 30.5 Å². The van der Waals surface area contributed by atoms with Crippen molar-refractivity contribution in [3.63, 3.8) is 0 Å². The molecule has 2 heterocycles. The first-order valence-corrected chi connectivity index (χ1v) is 8.14. The Balaban J connectivity index is 1.67. The summed E-state index contributed by atoms with van der Waals surface area (Å²) >= 11 is 1.65. The van der Waals surface area contributed by atoms with Crippen LogP contribution >= 0.6 is 11.3 Å². The number of hydrogen-bond donors (Lipinski definition) is 1. The van der Waals surface area contributed by atoms with Crippen LogP contribution in [0.4, 0.5) is 0 Å². The molecule has 1 aromatic carbocycles. The maximum Gasteiger partial charge on any atom is 0.248 e. The van der Waals surface area contributed by atoms with Crippen LogP contribution in [0.3, 0.4) is 0 Å². The molecule has 0 bridgehead atoms. The Labute approximate surface area is 133 Å². The summed E-state index contributed by atoms with van der Waals surface area (Å²) in [5, 5.41) is 3.08. The van der Waals surface area contributed by atoms with Crippen LogP contribution in [-0.2, 0) is 11.3 Å². The molecular formula is C16H19N3O2S. The Morgan fingerprint density at radius 3 is 3.14 bits per heavy atom. The second-order valence-electron chi connectivity index (χ2n) is 5.49. The molecule has 1 aliphatic heterocycles. The van der Waals surface area contributed by atoms with Gasteiger partial charge in [-0.1, -0.05) is 12.1 Å². The molecule has 22 heavy (non-hydrogen) atoms. The van der Waals surface area contributed by atoms with Gasteiger partial charge in [0, 0.05) is 36.3 Å². The van der Waals surface area contributed by atoms with Gasteiger partial charge in [0.15, 0.2) is 0 Å². The molecule has 0 saturated carbocycles. The van der Waals surface area contributed by atoms with Crippen molar-refractivity contribution < 1.29 is 9.53 Å². The first-order valence-electron chi connectivity index (χ1n) is 7.26. The van der Waals surface area contributed by atoms with Gasteiger partial charge in [-0.15, -0.1) is 11.3 Å². The number of morpholine rings is 1. The Kier molecular flexibility index (Phi) is 4.52. The molecule has 1 aromatic heterocycles. The fourth-order valence-corrected chi connectivity index (χ4v) is 3.43. The number of nitrogens with two attached hydrogens (primary N) is 1. The van der Waals surface area contributed by atoms with Crippen molar-refractivity contribution >= 4 is 17.2 Å². The molecule has 2 aromatic rings. The number of aryl methyl sites for hydroxylation is 1. The minimum atomic E-state index is -0.389. The van der Waals surface area contributed by atoms with E-state index in [-0.39, 0.29) is 12.0 Å². The van der Waals surface area contributed by atoms with E-state index in [1.54, 1.807) is 17.4 Å². The van der Waals surface area contributed by atoms with Crippen LogP contribution in [0.15, 0.2) is 29.6 Å². The number of ether oxygens (including phenoxy) is 1. The van der Waals surface area contributed by atoms with Crippen molar-refractivity contribution in [2.75, 3.05) is 19.7 Å². The highest BCUT2D eigenvalue weighted by Gasteiger charge is 2.24. The van der Waals surface area contributed by atoms with E-state index in [2.05, 4.69) is 9.88 Å². The van der Waals surface area contributed by atoms with Crippen molar-refractivity contribution in [2.24, 2.45) is 5.73 Å². The predicted octanol–water partition coefficient (Wildman–Crippen LogP) is 2.12. The zero-order chi connectivity index (χ0) is 15.5. The highest BCUT2D eigenvalue weighted by Crippen LogP contribution is 2.26. The maximum absolute atomic E-state index is 11.3. The summed E-state index contributed by atoms with van der Waals surface area (Å²) in [7, 11) is 0. The number of aromatic nitrogens is 1. The van der Waals surface area contributed by atoms with Gasteiger partial charge in [-0.25, -0.2) is 4.98 Å². The quantitative estimate of drug-likeness (QED) is 0.938. The molecule has 1 aliphatic rings. The standard InChI is InChI=1S/C16H19N3O2S/c1-11-10-22-16(18-11)14-9-19(5-6-21-14)8-12-3-2-4-13(7-12)15(17)20/h2-4,7,10,14H,5-6,8-9H2,1H3,(H2,17,20). The smallest absolute Gasteiger partial charge is 0.248 e. The van der Waals surface area contributed by atoms with Gasteiger partial charge >= 0.3 is 0 Å². The molecule has 0 radical (unpaired) electrons. The van der Waals surface area contributed by atoms with Crippen molar-refractivity contribution in [1.29, 1.82) is 0 Å². The molecular weight excluding hydrogens is 298 g/mol. The average molecular weight is 317 g/mol. The second-order valence-corrected chi connectivity index (χ2v) is 6.38. The maximum atomic E-state index is 11.3. The van der Waals surface area contributed by atoms with Gasteiger partial charge in [0.2, 0.25) is 5.91 Å². The van der Waals surface area contributed by atoms with E-state index in [1.165, 1.54) is 0 Å². The van der Waals surface area contributed by atoms with Gasteiger partial charge < -0.3 is 10.5 Å². The van der Waals surface area contributed by atoms with Gasteiger partial charge in [0.25, 0.3) is 0 Å². The Bertz CT molecular complexity index is 671. The van der Waals surface area contributed by atoms with Gasteiger partial charge in [-0.05, 0) is 24.6 Å². The number of hydrogen-bond acceptors (Lipinski definition) is 5. The van der Waals surface area contributed by atoms with Crippen LogP contribution in [0.2, 0.25) is 0 Å². The number of nitrogens with zero attached hydrogens (tertiary/aromatic N) is 2. The normalized spacial score (nSPS) is 19.2. The lowest BCUT2D eigenvalue weighted by Gasteiger charge is -2.32. The fourth-order valence-electron chi connectivity index (χ4n) is 2.60. The molecule has 1 saturated heterocycles. The van der Waals surface area contributed by atoms with Crippen molar-refractivity contribution in [2.45, 2.75) is 19.6 Å². The number of carbonyl (C=O) groups is 1. The molecule has 1 atom stereocenters. The van der Waals surface area contributed by atoms with Crippen LogP contribution in [0.5, 0.6) is 0 Å². The van der Waals surface area contributed by atoms with E-state index in [0.29, 0.717) is 12.2 Å². The van der Waals surface area contributed by atoms with Crippen LogP contribution in [-0.4, -0.2) is 35.5 Å².